The second-order valence-corrected chi connectivity index (χ2v) is 5.04. The monoisotopic (exact) mass is 303 g/mol. The fraction of sp³-hybridized carbons (Fsp3) is 0.188. The van der Waals surface area contributed by atoms with Crippen LogP contribution in [0.5, 0.6) is 5.75 Å². The second kappa shape index (κ2) is 7.55. The first-order valence-corrected chi connectivity index (χ1v) is 7.05. The third-order valence-electron chi connectivity index (χ3n) is 2.70. The van der Waals surface area contributed by atoms with Crippen LogP contribution in [-0.4, -0.2) is 18.6 Å². The molecule has 5 heteroatoms. The van der Waals surface area contributed by atoms with Gasteiger partial charge in [-0.15, -0.1) is 0 Å². The Balaban J connectivity index is 1.85. The number of hydrogen-bond acceptors (Lipinski definition) is 2. The Labute approximate surface area is 129 Å². The van der Waals surface area contributed by atoms with Gasteiger partial charge >= 0.3 is 0 Å². The van der Waals surface area contributed by atoms with Gasteiger partial charge in [-0.05, 0) is 37.3 Å². The molecule has 110 valence electrons. The summed E-state index contributed by atoms with van der Waals surface area (Å²) in [5.74, 6) is 1.09. The minimum Gasteiger partial charge on any atom is -0.489 e. The summed E-state index contributed by atoms with van der Waals surface area (Å²) >= 11 is 5.91. The van der Waals surface area contributed by atoms with Crippen molar-refractivity contribution in [1.29, 1.82) is 0 Å². The van der Waals surface area contributed by atoms with Crippen LogP contribution in [0.25, 0.3) is 0 Å². The first kappa shape index (κ1) is 15.2. The Bertz CT molecular complexity index is 601. The maximum absolute atomic E-state index is 5.91. The largest absolute Gasteiger partial charge is 0.489 e. The molecular formula is C16H18ClN3O. The molecule has 0 bridgehead atoms. The van der Waals surface area contributed by atoms with Crippen molar-refractivity contribution < 1.29 is 4.74 Å². The molecule has 2 aromatic rings. The van der Waals surface area contributed by atoms with Crippen LogP contribution in [-0.2, 0) is 0 Å². The Morgan fingerprint density at radius 1 is 1.24 bits per heavy atom. The summed E-state index contributed by atoms with van der Waals surface area (Å²) in [6, 6.07) is 16.9. The number of halogens is 1. The highest BCUT2D eigenvalue weighted by molar-refractivity contribution is 6.30. The molecule has 0 radical (unpaired) electrons. The Morgan fingerprint density at radius 3 is 2.71 bits per heavy atom. The van der Waals surface area contributed by atoms with E-state index < -0.39 is 0 Å². The molecule has 0 saturated heterocycles. The number of hydrogen-bond donors (Lipinski definition) is 2. The third kappa shape index (κ3) is 5.36. The lowest BCUT2D eigenvalue weighted by Gasteiger charge is -2.13. The van der Waals surface area contributed by atoms with Crippen molar-refractivity contribution in [2.24, 2.45) is 10.7 Å². The zero-order valence-corrected chi connectivity index (χ0v) is 12.5. The maximum Gasteiger partial charge on any atom is 0.193 e. The molecule has 0 aliphatic heterocycles. The normalized spacial score (nSPS) is 12.8. The number of rotatable bonds is 5. The highest BCUT2D eigenvalue weighted by atomic mass is 35.5. The highest BCUT2D eigenvalue weighted by Gasteiger charge is 2.04. The molecule has 3 N–H and O–H groups in total. The number of nitrogens with one attached hydrogen (secondary N) is 1. The molecule has 1 unspecified atom stereocenters. The number of para-hydroxylation sites is 1. The van der Waals surface area contributed by atoms with Gasteiger partial charge < -0.3 is 15.8 Å². The van der Waals surface area contributed by atoms with Gasteiger partial charge in [-0.2, -0.15) is 0 Å². The molecule has 21 heavy (non-hydrogen) atoms. The fourth-order valence-electron chi connectivity index (χ4n) is 1.75. The van der Waals surface area contributed by atoms with E-state index in [1.807, 2.05) is 49.4 Å². The molecule has 0 fully saturated rings. The molecule has 1 atom stereocenters. The fourth-order valence-corrected chi connectivity index (χ4v) is 1.93. The van der Waals surface area contributed by atoms with Crippen LogP contribution in [0.3, 0.4) is 0 Å². The average molecular weight is 304 g/mol. The Kier molecular flexibility index (Phi) is 5.46. The molecule has 0 heterocycles. The number of ether oxygens (including phenoxy) is 1. The van der Waals surface area contributed by atoms with Crippen molar-refractivity contribution in [3.8, 4) is 5.75 Å². The zero-order chi connectivity index (χ0) is 15.1. The van der Waals surface area contributed by atoms with Crippen molar-refractivity contribution in [1.82, 2.24) is 0 Å². The standard InChI is InChI=1S/C16H18ClN3O/c1-12(21-15-9-5-6-13(17)10-15)11-19-16(18)20-14-7-3-2-4-8-14/h2-10,12H,11H2,1H3,(H3,18,19,20). The molecule has 0 aromatic heterocycles. The number of nitrogens with two attached hydrogens (primary N) is 1. The number of benzene rings is 2. The van der Waals surface area contributed by atoms with Crippen molar-refractivity contribution in [2.45, 2.75) is 13.0 Å². The molecular weight excluding hydrogens is 286 g/mol. The van der Waals surface area contributed by atoms with Gasteiger partial charge in [0.2, 0.25) is 0 Å². The molecule has 2 rings (SSSR count). The van der Waals surface area contributed by atoms with Crippen LogP contribution in [0.1, 0.15) is 6.92 Å². The first-order valence-electron chi connectivity index (χ1n) is 6.67. The smallest absolute Gasteiger partial charge is 0.193 e. The molecule has 0 amide bonds. The van der Waals surface area contributed by atoms with Gasteiger partial charge in [0.25, 0.3) is 0 Å². The molecule has 2 aromatic carbocycles. The molecule has 0 aliphatic rings. The van der Waals surface area contributed by atoms with Gasteiger partial charge in [0.05, 0.1) is 6.54 Å². The average Bonchev–Trinajstić information content (AvgIpc) is 2.46. The lowest BCUT2D eigenvalue weighted by atomic mass is 10.3. The van der Waals surface area contributed by atoms with E-state index in [-0.39, 0.29) is 6.10 Å². The van der Waals surface area contributed by atoms with E-state index in [0.29, 0.717) is 17.5 Å². The van der Waals surface area contributed by atoms with E-state index in [1.54, 1.807) is 12.1 Å². The minimum atomic E-state index is -0.0976. The van der Waals surface area contributed by atoms with Crippen molar-refractivity contribution in [3.63, 3.8) is 0 Å². The van der Waals surface area contributed by atoms with Crippen molar-refractivity contribution in [2.75, 3.05) is 11.9 Å². The van der Waals surface area contributed by atoms with Crippen LogP contribution in [0.15, 0.2) is 59.6 Å². The maximum atomic E-state index is 5.91. The number of nitrogens with zero attached hydrogens (tertiary/aromatic N) is 1. The molecule has 0 spiro atoms. The van der Waals surface area contributed by atoms with Gasteiger partial charge in [0.15, 0.2) is 5.96 Å². The first-order chi connectivity index (χ1) is 10.1. The summed E-state index contributed by atoms with van der Waals surface area (Å²) < 4.78 is 5.72. The predicted molar refractivity (Wildman–Crippen MR) is 88.1 cm³/mol. The van der Waals surface area contributed by atoms with Gasteiger partial charge in [-0.3, -0.25) is 0 Å². The van der Waals surface area contributed by atoms with E-state index in [4.69, 9.17) is 22.1 Å². The predicted octanol–water partition coefficient (Wildman–Crippen LogP) is 3.53. The Hall–Kier alpha value is -2.20. The van der Waals surface area contributed by atoms with E-state index in [2.05, 4.69) is 10.3 Å². The van der Waals surface area contributed by atoms with Gasteiger partial charge in [-0.25, -0.2) is 4.99 Å². The van der Waals surface area contributed by atoms with Gasteiger partial charge in [0, 0.05) is 10.7 Å². The second-order valence-electron chi connectivity index (χ2n) is 4.60. The SMILES string of the molecule is CC(CN=C(N)Nc1ccccc1)Oc1cccc(Cl)c1. The summed E-state index contributed by atoms with van der Waals surface area (Å²) in [5, 5.41) is 3.67. The summed E-state index contributed by atoms with van der Waals surface area (Å²) in [6.07, 6.45) is -0.0976. The Morgan fingerprint density at radius 2 is 2.00 bits per heavy atom. The lowest BCUT2D eigenvalue weighted by Crippen LogP contribution is -2.25. The van der Waals surface area contributed by atoms with Crippen LogP contribution in [0, 0.1) is 0 Å². The van der Waals surface area contributed by atoms with E-state index in [1.165, 1.54) is 0 Å². The number of aliphatic imine (C=N–C) groups is 1. The quantitative estimate of drug-likeness (QED) is 0.656. The molecule has 0 saturated carbocycles. The van der Waals surface area contributed by atoms with E-state index >= 15 is 0 Å². The third-order valence-corrected chi connectivity index (χ3v) is 2.93. The van der Waals surface area contributed by atoms with Crippen LogP contribution in [0.4, 0.5) is 5.69 Å². The molecule has 0 aliphatic carbocycles. The lowest BCUT2D eigenvalue weighted by molar-refractivity contribution is 0.230. The topological polar surface area (TPSA) is 59.6 Å². The van der Waals surface area contributed by atoms with Crippen LogP contribution >= 0.6 is 11.6 Å². The van der Waals surface area contributed by atoms with Crippen molar-refractivity contribution >= 4 is 23.2 Å². The summed E-state index contributed by atoms with van der Waals surface area (Å²) in [7, 11) is 0. The summed E-state index contributed by atoms with van der Waals surface area (Å²) in [4.78, 5) is 4.26. The van der Waals surface area contributed by atoms with E-state index in [9.17, 15) is 0 Å². The van der Waals surface area contributed by atoms with Gasteiger partial charge in [0.1, 0.15) is 11.9 Å². The van der Waals surface area contributed by atoms with Crippen molar-refractivity contribution in [3.05, 3.63) is 59.6 Å². The number of guanidine groups is 1. The number of anilines is 1. The molecule has 4 nitrogen and oxygen atoms in total. The zero-order valence-electron chi connectivity index (χ0n) is 11.8. The highest BCUT2D eigenvalue weighted by Crippen LogP contribution is 2.18. The van der Waals surface area contributed by atoms with Gasteiger partial charge in [-0.1, -0.05) is 35.9 Å². The van der Waals surface area contributed by atoms with E-state index in [0.717, 1.165) is 11.4 Å². The summed E-state index contributed by atoms with van der Waals surface area (Å²) in [5.41, 5.74) is 6.74. The summed E-state index contributed by atoms with van der Waals surface area (Å²) in [6.45, 7) is 2.39. The van der Waals surface area contributed by atoms with Crippen LogP contribution in [0.2, 0.25) is 5.02 Å². The van der Waals surface area contributed by atoms with Crippen LogP contribution < -0.4 is 15.8 Å². The minimum absolute atomic E-state index is 0.0976.